The van der Waals surface area contributed by atoms with Crippen molar-refractivity contribution in [2.45, 2.75) is 19.9 Å². The molecule has 0 saturated carbocycles. The van der Waals surface area contributed by atoms with Crippen molar-refractivity contribution in [2.24, 2.45) is 0 Å². The number of halogens is 2. The van der Waals surface area contributed by atoms with Gasteiger partial charge in [0.05, 0.1) is 34.1 Å². The van der Waals surface area contributed by atoms with Crippen LogP contribution in [0.25, 0.3) is 0 Å². The maximum absolute atomic E-state index is 6.17. The molecule has 1 atom stereocenters. The summed E-state index contributed by atoms with van der Waals surface area (Å²) in [6.07, 6.45) is 1.97. The van der Waals surface area contributed by atoms with Crippen LogP contribution in [0.15, 0.2) is 24.4 Å². The van der Waals surface area contributed by atoms with E-state index in [1.54, 1.807) is 25.3 Å². The summed E-state index contributed by atoms with van der Waals surface area (Å²) in [6.45, 7) is 4.60. The minimum absolute atomic E-state index is 0.157. The molecule has 1 unspecified atom stereocenters. The number of ether oxygens (including phenoxy) is 1. The third-order valence-corrected chi connectivity index (χ3v) is 3.56. The van der Waals surface area contributed by atoms with E-state index in [2.05, 4.69) is 17.2 Å². The number of hydrogen-bond acceptors (Lipinski definition) is 3. The number of imidazole rings is 1. The first-order chi connectivity index (χ1) is 9.52. The SMILES string of the molecule is COCC(C)n1cc(C)nc1Nc1c(Cl)cccc1Cl. The average molecular weight is 314 g/mol. The number of nitrogens with zero attached hydrogens (tertiary/aromatic N) is 2. The predicted octanol–water partition coefficient (Wildman–Crippen LogP) is 4.45. The molecule has 1 aromatic heterocycles. The lowest BCUT2D eigenvalue weighted by Crippen LogP contribution is -2.13. The molecule has 0 saturated heterocycles. The van der Waals surface area contributed by atoms with Gasteiger partial charge in [-0.25, -0.2) is 4.98 Å². The van der Waals surface area contributed by atoms with E-state index in [1.807, 2.05) is 17.7 Å². The van der Waals surface area contributed by atoms with Gasteiger partial charge in [0, 0.05) is 13.3 Å². The van der Waals surface area contributed by atoms with Crippen LogP contribution in [0, 0.1) is 6.92 Å². The lowest BCUT2D eigenvalue weighted by atomic mass is 10.3. The molecule has 0 fully saturated rings. The number of nitrogens with one attached hydrogen (secondary N) is 1. The lowest BCUT2D eigenvalue weighted by molar-refractivity contribution is 0.163. The Morgan fingerprint density at radius 2 is 2.00 bits per heavy atom. The number of hydrogen-bond donors (Lipinski definition) is 1. The molecule has 0 spiro atoms. The van der Waals surface area contributed by atoms with Crippen LogP contribution >= 0.6 is 23.2 Å². The van der Waals surface area contributed by atoms with Crippen LogP contribution < -0.4 is 5.32 Å². The molecule has 20 heavy (non-hydrogen) atoms. The molecule has 0 radical (unpaired) electrons. The Labute approximate surface area is 128 Å². The maximum Gasteiger partial charge on any atom is 0.207 e. The zero-order valence-corrected chi connectivity index (χ0v) is 13.2. The van der Waals surface area contributed by atoms with Crippen LogP contribution in [0.4, 0.5) is 11.6 Å². The van der Waals surface area contributed by atoms with Crippen molar-refractivity contribution < 1.29 is 4.74 Å². The van der Waals surface area contributed by atoms with Gasteiger partial charge in [0.25, 0.3) is 0 Å². The molecule has 0 aliphatic heterocycles. The van der Waals surface area contributed by atoms with Crippen molar-refractivity contribution in [3.05, 3.63) is 40.1 Å². The standard InChI is InChI=1S/C14H17Cl2N3O/c1-9-7-19(10(2)8-20-3)14(17-9)18-13-11(15)5-4-6-12(13)16/h4-7,10H,8H2,1-3H3,(H,17,18). The normalized spacial score (nSPS) is 12.4. The molecule has 0 aliphatic carbocycles. The molecule has 2 aromatic rings. The van der Waals surface area contributed by atoms with E-state index in [4.69, 9.17) is 27.9 Å². The Bertz CT molecular complexity index is 578. The van der Waals surface area contributed by atoms with Crippen molar-refractivity contribution in [3.8, 4) is 0 Å². The fourth-order valence-electron chi connectivity index (χ4n) is 2.00. The number of para-hydroxylation sites is 1. The fourth-order valence-corrected chi connectivity index (χ4v) is 2.49. The molecule has 4 nitrogen and oxygen atoms in total. The van der Waals surface area contributed by atoms with E-state index >= 15 is 0 Å². The zero-order valence-electron chi connectivity index (χ0n) is 11.7. The largest absolute Gasteiger partial charge is 0.383 e. The van der Waals surface area contributed by atoms with E-state index in [9.17, 15) is 0 Å². The van der Waals surface area contributed by atoms with Gasteiger partial charge in [-0.2, -0.15) is 0 Å². The van der Waals surface area contributed by atoms with E-state index in [0.717, 1.165) is 5.69 Å². The van der Waals surface area contributed by atoms with E-state index in [-0.39, 0.29) is 6.04 Å². The Morgan fingerprint density at radius 1 is 1.35 bits per heavy atom. The smallest absolute Gasteiger partial charge is 0.207 e. The van der Waals surface area contributed by atoms with E-state index in [0.29, 0.717) is 28.3 Å². The van der Waals surface area contributed by atoms with Crippen LogP contribution in [-0.2, 0) is 4.74 Å². The van der Waals surface area contributed by atoms with Crippen molar-refractivity contribution in [1.29, 1.82) is 0 Å². The fraction of sp³-hybridized carbons (Fsp3) is 0.357. The third kappa shape index (κ3) is 3.26. The second kappa shape index (κ2) is 6.48. The van der Waals surface area contributed by atoms with Gasteiger partial charge in [0.2, 0.25) is 5.95 Å². The Morgan fingerprint density at radius 3 is 2.60 bits per heavy atom. The Balaban J connectivity index is 2.34. The number of benzene rings is 1. The molecule has 0 aliphatic rings. The maximum atomic E-state index is 6.17. The highest BCUT2D eigenvalue weighted by atomic mass is 35.5. The van der Waals surface area contributed by atoms with Crippen LogP contribution in [0.3, 0.4) is 0 Å². The number of aryl methyl sites for hydroxylation is 1. The molecule has 2 rings (SSSR count). The monoisotopic (exact) mass is 313 g/mol. The topological polar surface area (TPSA) is 39.1 Å². The number of aromatic nitrogens is 2. The first kappa shape index (κ1) is 15.2. The molecular weight excluding hydrogens is 297 g/mol. The zero-order chi connectivity index (χ0) is 14.7. The number of rotatable bonds is 5. The average Bonchev–Trinajstić information content (AvgIpc) is 2.75. The summed E-state index contributed by atoms with van der Waals surface area (Å²) in [4.78, 5) is 4.47. The molecular formula is C14H17Cl2N3O. The van der Waals surface area contributed by atoms with Gasteiger partial charge >= 0.3 is 0 Å². The first-order valence-electron chi connectivity index (χ1n) is 6.28. The van der Waals surface area contributed by atoms with Gasteiger partial charge in [0.1, 0.15) is 0 Å². The van der Waals surface area contributed by atoms with Gasteiger partial charge in [-0.3, -0.25) is 0 Å². The van der Waals surface area contributed by atoms with E-state index in [1.165, 1.54) is 0 Å². The first-order valence-corrected chi connectivity index (χ1v) is 7.04. The van der Waals surface area contributed by atoms with Crippen molar-refractivity contribution in [1.82, 2.24) is 9.55 Å². The van der Waals surface area contributed by atoms with Crippen LogP contribution in [0.5, 0.6) is 0 Å². The summed E-state index contributed by atoms with van der Waals surface area (Å²) in [5.41, 5.74) is 1.57. The predicted molar refractivity (Wildman–Crippen MR) is 83.3 cm³/mol. The summed E-state index contributed by atoms with van der Waals surface area (Å²) >= 11 is 12.3. The molecule has 1 aromatic carbocycles. The van der Waals surface area contributed by atoms with Gasteiger partial charge < -0.3 is 14.6 Å². The van der Waals surface area contributed by atoms with Crippen LogP contribution in [-0.4, -0.2) is 23.3 Å². The summed E-state index contributed by atoms with van der Waals surface area (Å²) < 4.78 is 7.20. The van der Waals surface area contributed by atoms with Gasteiger partial charge in [0.15, 0.2) is 0 Å². The lowest BCUT2D eigenvalue weighted by Gasteiger charge is -2.17. The van der Waals surface area contributed by atoms with E-state index < -0.39 is 0 Å². The third-order valence-electron chi connectivity index (χ3n) is 2.94. The van der Waals surface area contributed by atoms with Crippen LogP contribution in [0.2, 0.25) is 10.0 Å². The van der Waals surface area contributed by atoms with Gasteiger partial charge in [-0.15, -0.1) is 0 Å². The van der Waals surface area contributed by atoms with Crippen molar-refractivity contribution in [3.63, 3.8) is 0 Å². The minimum atomic E-state index is 0.157. The molecule has 1 N–H and O–H groups in total. The highest BCUT2D eigenvalue weighted by molar-refractivity contribution is 6.39. The highest BCUT2D eigenvalue weighted by Crippen LogP contribution is 2.32. The summed E-state index contributed by atoms with van der Waals surface area (Å²) in [5.74, 6) is 0.696. The van der Waals surface area contributed by atoms with Crippen molar-refractivity contribution >= 4 is 34.8 Å². The Hall–Kier alpha value is -1.23. The summed E-state index contributed by atoms with van der Waals surface area (Å²) in [5, 5.41) is 4.32. The summed E-state index contributed by atoms with van der Waals surface area (Å²) in [6, 6.07) is 5.54. The Kier molecular flexibility index (Phi) is 4.91. The quantitative estimate of drug-likeness (QED) is 0.886. The van der Waals surface area contributed by atoms with Crippen molar-refractivity contribution in [2.75, 3.05) is 19.0 Å². The minimum Gasteiger partial charge on any atom is -0.383 e. The van der Waals surface area contributed by atoms with Crippen LogP contribution in [0.1, 0.15) is 18.7 Å². The second-order valence-corrected chi connectivity index (χ2v) is 5.45. The molecule has 108 valence electrons. The number of methoxy groups -OCH3 is 1. The molecule has 0 bridgehead atoms. The number of anilines is 2. The second-order valence-electron chi connectivity index (χ2n) is 4.64. The molecule has 0 amide bonds. The van der Waals surface area contributed by atoms with Gasteiger partial charge in [-0.05, 0) is 26.0 Å². The molecule has 1 heterocycles. The van der Waals surface area contributed by atoms with Gasteiger partial charge in [-0.1, -0.05) is 29.3 Å². The highest BCUT2D eigenvalue weighted by Gasteiger charge is 2.14. The molecule has 6 heteroatoms. The summed E-state index contributed by atoms with van der Waals surface area (Å²) in [7, 11) is 1.68.